The topological polar surface area (TPSA) is 109 Å². The fraction of sp³-hybridized carbons (Fsp3) is 0.140. The van der Waals surface area contributed by atoms with Crippen LogP contribution in [0.3, 0.4) is 0 Å². The molecule has 0 radical (unpaired) electrons. The van der Waals surface area contributed by atoms with Crippen LogP contribution < -0.4 is 32.8 Å². The molecule has 1 unspecified atom stereocenters. The molecule has 290 valence electrons. The molecule has 8 heteroatoms. The Kier molecular flexibility index (Phi) is 10.1. The van der Waals surface area contributed by atoms with Gasteiger partial charge in [-0.1, -0.05) is 114 Å². The third kappa shape index (κ3) is 7.19. The van der Waals surface area contributed by atoms with E-state index in [0.29, 0.717) is 0 Å². The van der Waals surface area contributed by atoms with Crippen LogP contribution in [0.25, 0.3) is 56.5 Å². The molecule has 6 aromatic carbocycles. The number of likely N-dealkylation sites (N-methyl/N-ethyl adjacent to an activating group) is 1. The van der Waals surface area contributed by atoms with Gasteiger partial charge >= 0.3 is 0 Å². The van der Waals surface area contributed by atoms with E-state index in [9.17, 15) is 0 Å². The van der Waals surface area contributed by atoms with Crippen LogP contribution in [0.4, 0.5) is 5.69 Å². The Labute approximate surface area is 341 Å². The zero-order valence-electron chi connectivity index (χ0n) is 33.0. The van der Waals surface area contributed by atoms with Gasteiger partial charge in [-0.3, -0.25) is 0 Å². The first kappa shape index (κ1) is 38.8. The van der Waals surface area contributed by atoms with Crippen LogP contribution in [-0.2, 0) is 5.41 Å². The van der Waals surface area contributed by atoms with E-state index < -0.39 is 16.0 Å². The summed E-state index contributed by atoms with van der Waals surface area (Å²) in [5, 5.41) is 0. The SMILES string of the molecule is Cc1ccc(-c2cc(-c3ccccc3)cc(-c3ccc(C)cc3)[n+]2-c2cc3c(c(-c4ccccc4)c2)OC2(C=C3)N(C)c3ccccc3C2(C)C)cc1.[O-][Cl+3]([O-])([O-])[O-]. The molecule has 0 amide bonds. The Morgan fingerprint density at radius 2 is 1.07 bits per heavy atom. The second kappa shape index (κ2) is 15.0. The van der Waals surface area contributed by atoms with Crippen molar-refractivity contribution in [2.45, 2.75) is 38.8 Å². The Morgan fingerprint density at radius 1 is 0.569 bits per heavy atom. The van der Waals surface area contributed by atoms with Crippen molar-refractivity contribution in [3.8, 4) is 56.2 Å². The summed E-state index contributed by atoms with van der Waals surface area (Å²) in [4.78, 5) is 2.31. The average Bonchev–Trinajstić information content (AvgIpc) is 3.38. The van der Waals surface area contributed by atoms with Crippen LogP contribution in [0.2, 0.25) is 0 Å². The summed E-state index contributed by atoms with van der Waals surface area (Å²) in [7, 11) is -2.79. The molecule has 58 heavy (non-hydrogen) atoms. The summed E-state index contributed by atoms with van der Waals surface area (Å²) in [6.07, 6.45) is 4.56. The van der Waals surface area contributed by atoms with Gasteiger partial charge in [0.2, 0.25) is 22.8 Å². The number of fused-ring (bicyclic) bond motifs is 2. The molecular weight excluding hydrogens is 744 g/mol. The van der Waals surface area contributed by atoms with Crippen molar-refractivity contribution in [1.29, 1.82) is 0 Å². The van der Waals surface area contributed by atoms with E-state index in [1.165, 1.54) is 33.5 Å². The number of aryl methyl sites for hydroxylation is 2. The van der Waals surface area contributed by atoms with Crippen LogP contribution in [0.15, 0.2) is 164 Å². The van der Waals surface area contributed by atoms with E-state index in [1.54, 1.807) is 0 Å². The number of para-hydroxylation sites is 1. The fourth-order valence-corrected chi connectivity index (χ4v) is 8.37. The van der Waals surface area contributed by atoms with Gasteiger partial charge in [0.05, 0.1) is 5.41 Å². The molecule has 1 atom stereocenters. The smallest absolute Gasteiger partial charge is 0.219 e. The maximum absolute atomic E-state index is 8.49. The Morgan fingerprint density at radius 3 is 1.60 bits per heavy atom. The lowest BCUT2D eigenvalue weighted by Gasteiger charge is -2.46. The fourth-order valence-electron chi connectivity index (χ4n) is 8.37. The molecule has 7 nitrogen and oxygen atoms in total. The lowest BCUT2D eigenvalue weighted by atomic mass is 9.76. The number of halogens is 1. The summed E-state index contributed by atoms with van der Waals surface area (Å²) in [5.74, 6) is 0.894. The van der Waals surface area contributed by atoms with E-state index in [2.05, 4.69) is 214 Å². The Balaban J connectivity index is 0.000000887. The van der Waals surface area contributed by atoms with E-state index in [1.807, 2.05) is 0 Å². The van der Waals surface area contributed by atoms with Gasteiger partial charge in [0.1, 0.15) is 5.75 Å². The van der Waals surface area contributed by atoms with Gasteiger partial charge in [0, 0.05) is 59.3 Å². The summed E-state index contributed by atoms with van der Waals surface area (Å²) >= 11 is 0. The van der Waals surface area contributed by atoms with Gasteiger partial charge in [-0.2, -0.15) is 4.57 Å². The number of benzene rings is 6. The van der Waals surface area contributed by atoms with Crippen LogP contribution in [0, 0.1) is 24.1 Å². The van der Waals surface area contributed by atoms with Crippen molar-refractivity contribution in [2.75, 3.05) is 11.9 Å². The minimum atomic E-state index is -4.94. The van der Waals surface area contributed by atoms with Gasteiger partial charge in [-0.25, -0.2) is 18.6 Å². The van der Waals surface area contributed by atoms with Crippen molar-refractivity contribution in [3.05, 3.63) is 186 Å². The molecule has 0 saturated carbocycles. The summed E-state index contributed by atoms with van der Waals surface area (Å²) in [6, 6.07) is 57.2. The molecule has 0 bridgehead atoms. The molecule has 7 aromatic rings. The summed E-state index contributed by atoms with van der Waals surface area (Å²) in [5.41, 5.74) is 15.1. The molecule has 3 heterocycles. The van der Waals surface area contributed by atoms with E-state index in [4.69, 9.17) is 23.4 Å². The molecule has 0 fully saturated rings. The maximum Gasteiger partial charge on any atom is 0.219 e. The average molecular weight is 787 g/mol. The minimum absolute atomic E-state index is 0.307. The first-order valence-corrected chi connectivity index (χ1v) is 20.3. The standard InChI is InChI=1S/C50H43N2O.ClHO4/c1-34-20-24-38(25-21-34)46-31-41(36-14-8-6-9-15-36)32-47(39-26-22-35(2)23-27-39)52(46)42-30-40-28-29-50(49(3,4)44-18-12-13-19-45(44)51(50)5)53-48(40)43(33-42)37-16-10-7-11-17-37;2-1(3,4)5/h6-33H,1-5H3;(H,2,3,4,5)/q+1;/p-1. The van der Waals surface area contributed by atoms with Crippen LogP contribution in [0.5, 0.6) is 5.75 Å². The first-order chi connectivity index (χ1) is 27.7. The van der Waals surface area contributed by atoms with Gasteiger partial charge in [-0.05, 0) is 92.4 Å². The Bertz CT molecular complexity index is 2570. The van der Waals surface area contributed by atoms with Crippen LogP contribution >= 0.6 is 0 Å². The summed E-state index contributed by atoms with van der Waals surface area (Å²) in [6.45, 7) is 8.89. The molecule has 2 aliphatic heterocycles. The van der Waals surface area contributed by atoms with Gasteiger partial charge < -0.3 is 9.64 Å². The third-order valence-electron chi connectivity index (χ3n) is 11.4. The zero-order valence-corrected chi connectivity index (χ0v) is 33.7. The zero-order chi connectivity index (χ0) is 40.8. The van der Waals surface area contributed by atoms with E-state index >= 15 is 0 Å². The largest absolute Gasteiger partial charge is 0.462 e. The first-order valence-electron chi connectivity index (χ1n) is 19.1. The second-order valence-corrected chi connectivity index (χ2v) is 16.2. The van der Waals surface area contributed by atoms with Crippen LogP contribution in [-0.4, -0.2) is 12.8 Å². The maximum atomic E-state index is 8.49. The quantitative estimate of drug-likeness (QED) is 0.174. The molecule has 0 saturated heterocycles. The van der Waals surface area contributed by atoms with Crippen molar-refractivity contribution >= 4 is 11.8 Å². The lowest BCUT2D eigenvalue weighted by molar-refractivity contribution is -2.00. The minimum Gasteiger partial charge on any atom is -0.462 e. The third-order valence-corrected chi connectivity index (χ3v) is 11.4. The molecule has 2 aliphatic rings. The number of pyridine rings is 1. The number of ether oxygens (including phenoxy) is 1. The number of hydrogen-bond donors (Lipinski definition) is 0. The number of anilines is 1. The predicted molar refractivity (Wildman–Crippen MR) is 219 cm³/mol. The van der Waals surface area contributed by atoms with Crippen molar-refractivity contribution in [3.63, 3.8) is 0 Å². The molecule has 0 N–H and O–H groups in total. The highest BCUT2D eigenvalue weighted by molar-refractivity contribution is 5.83. The Hall–Kier alpha value is -6.06. The van der Waals surface area contributed by atoms with Gasteiger partial charge in [0.25, 0.3) is 0 Å². The van der Waals surface area contributed by atoms with Gasteiger partial charge in [-0.15, -0.1) is 10.2 Å². The number of nitrogens with zero attached hydrogens (tertiary/aromatic N) is 2. The number of aromatic nitrogens is 1. The number of rotatable bonds is 5. The van der Waals surface area contributed by atoms with Crippen LogP contribution in [0.1, 0.15) is 36.1 Å². The highest BCUT2D eigenvalue weighted by Crippen LogP contribution is 2.55. The summed E-state index contributed by atoms with van der Waals surface area (Å²) < 4.78 is 43.8. The van der Waals surface area contributed by atoms with E-state index in [-0.39, 0.29) is 5.41 Å². The van der Waals surface area contributed by atoms with Crippen molar-refractivity contribution in [1.82, 2.24) is 0 Å². The predicted octanol–water partition coefficient (Wildman–Crippen LogP) is 7.02. The number of hydrogen-bond acceptors (Lipinski definition) is 6. The normalized spacial score (nSPS) is 16.3. The molecule has 1 aromatic heterocycles. The molecular formula is C50H43ClN2O5. The molecule has 9 rings (SSSR count). The van der Waals surface area contributed by atoms with Crippen molar-refractivity contribution < 1.29 is 38.2 Å². The van der Waals surface area contributed by atoms with Gasteiger partial charge in [0.15, 0.2) is 0 Å². The van der Waals surface area contributed by atoms with E-state index in [0.717, 1.165) is 50.6 Å². The van der Waals surface area contributed by atoms with Crippen molar-refractivity contribution in [2.24, 2.45) is 0 Å². The highest BCUT2D eigenvalue weighted by atomic mass is 35.7. The molecule has 1 spiro atoms. The lowest BCUT2D eigenvalue weighted by Crippen LogP contribution is -2.68. The monoisotopic (exact) mass is 786 g/mol. The molecule has 0 aliphatic carbocycles. The highest BCUT2D eigenvalue weighted by Gasteiger charge is 2.58. The second-order valence-electron chi connectivity index (χ2n) is 15.4.